The van der Waals surface area contributed by atoms with E-state index in [4.69, 9.17) is 10.4 Å². The number of benzene rings is 1. The number of nitriles is 1. The summed E-state index contributed by atoms with van der Waals surface area (Å²) in [4.78, 5) is 21.3. The first-order valence-corrected chi connectivity index (χ1v) is 4.42. The fourth-order valence-corrected chi connectivity index (χ4v) is 1.34. The van der Waals surface area contributed by atoms with Gasteiger partial charge >= 0.3 is 5.97 Å². The fourth-order valence-electron chi connectivity index (χ4n) is 1.34. The summed E-state index contributed by atoms with van der Waals surface area (Å²) in [5.41, 5.74) is 0.808. The molecule has 0 saturated carbocycles. The summed E-state index contributed by atoms with van der Waals surface area (Å²) >= 11 is 0. The zero-order valence-corrected chi connectivity index (χ0v) is 8.47. The Kier molecular flexibility index (Phi) is 3.38. The molecule has 1 aromatic rings. The average Bonchev–Trinajstić information content (AvgIpc) is 2.27. The smallest absolute Gasteiger partial charge is 0.337 e. The topological polar surface area (TPSA) is 98.4 Å². The molecule has 1 rings (SSSR count). The Balaban J connectivity index is 3.43. The van der Waals surface area contributed by atoms with Crippen LogP contribution in [0.4, 0.5) is 0 Å². The molecule has 2 N–H and O–H groups in total. The summed E-state index contributed by atoms with van der Waals surface area (Å²) in [5, 5.41) is 26.8. The van der Waals surface area contributed by atoms with Gasteiger partial charge in [0.15, 0.2) is 6.10 Å². The van der Waals surface area contributed by atoms with Gasteiger partial charge in [-0.25, -0.2) is 4.79 Å². The lowest BCUT2D eigenvalue weighted by Gasteiger charge is -2.10. The molecule has 0 aliphatic carbocycles. The number of aliphatic carboxylic acids is 1. The van der Waals surface area contributed by atoms with Crippen LogP contribution in [0.2, 0.25) is 0 Å². The fraction of sp³-hybridized carbons (Fsp3) is 0.182. The van der Waals surface area contributed by atoms with Crippen LogP contribution in [-0.4, -0.2) is 22.5 Å². The summed E-state index contributed by atoms with van der Waals surface area (Å²) in [5.74, 6) is -1.46. The zero-order chi connectivity index (χ0) is 12.3. The molecular weight excluding hydrogens is 210 g/mol. The second kappa shape index (κ2) is 4.55. The van der Waals surface area contributed by atoms with Gasteiger partial charge in [-0.3, -0.25) is 4.79 Å². The molecule has 1 unspecified atom stereocenters. The van der Waals surface area contributed by atoms with Crippen LogP contribution >= 0.6 is 0 Å². The van der Waals surface area contributed by atoms with Gasteiger partial charge in [-0.05, 0) is 24.6 Å². The highest BCUT2D eigenvalue weighted by atomic mass is 16.4. The molecule has 1 atom stereocenters. The number of carboxylic acids is 1. The highest BCUT2D eigenvalue weighted by molar-refractivity contribution is 5.83. The standard InChI is InChI=1S/C11H9NO4/c1-6-2-8(5-13)9(3-7(6)4-12)10(14)11(15)16/h2-3,5,10,14H,1H3,(H,15,16). The minimum absolute atomic E-state index is 0.0651. The van der Waals surface area contributed by atoms with Crippen molar-refractivity contribution < 1.29 is 19.8 Å². The number of hydrogen-bond donors (Lipinski definition) is 2. The van der Waals surface area contributed by atoms with E-state index >= 15 is 0 Å². The van der Waals surface area contributed by atoms with Crippen LogP contribution in [0, 0.1) is 18.3 Å². The molecule has 0 aromatic heterocycles. The molecule has 5 heteroatoms. The first-order valence-electron chi connectivity index (χ1n) is 4.42. The molecule has 0 radical (unpaired) electrons. The van der Waals surface area contributed by atoms with Crippen LogP contribution in [0.25, 0.3) is 0 Å². The number of aldehydes is 1. The molecule has 0 fully saturated rings. The maximum absolute atomic E-state index is 10.7. The Morgan fingerprint density at radius 1 is 1.56 bits per heavy atom. The van der Waals surface area contributed by atoms with Crippen molar-refractivity contribution in [3.63, 3.8) is 0 Å². The van der Waals surface area contributed by atoms with Crippen LogP contribution in [0.3, 0.4) is 0 Å². The Labute approximate surface area is 91.6 Å². The summed E-state index contributed by atoms with van der Waals surface area (Å²) in [6.07, 6.45) is -1.34. The quantitative estimate of drug-likeness (QED) is 0.732. The molecule has 0 saturated heterocycles. The summed E-state index contributed by atoms with van der Waals surface area (Å²) < 4.78 is 0. The van der Waals surface area contributed by atoms with E-state index in [1.165, 1.54) is 12.1 Å². The van der Waals surface area contributed by atoms with Crippen molar-refractivity contribution >= 4 is 12.3 Å². The van der Waals surface area contributed by atoms with Crippen LogP contribution in [-0.2, 0) is 4.79 Å². The lowest BCUT2D eigenvalue weighted by molar-refractivity contribution is -0.146. The molecule has 0 heterocycles. The Morgan fingerprint density at radius 3 is 2.62 bits per heavy atom. The molecule has 1 aromatic carbocycles. The van der Waals surface area contributed by atoms with Gasteiger partial charge in [0.2, 0.25) is 0 Å². The van der Waals surface area contributed by atoms with E-state index in [1.54, 1.807) is 6.92 Å². The Bertz CT molecular complexity index is 487. The summed E-state index contributed by atoms with van der Waals surface area (Å²) in [7, 11) is 0. The van der Waals surface area contributed by atoms with Gasteiger partial charge in [0.1, 0.15) is 6.29 Å². The number of carboxylic acid groups (broad SMARTS) is 1. The molecule has 0 aliphatic heterocycles. The SMILES string of the molecule is Cc1cc(C=O)c(C(O)C(=O)O)cc1C#N. The molecule has 82 valence electrons. The Morgan fingerprint density at radius 2 is 2.19 bits per heavy atom. The van der Waals surface area contributed by atoms with Gasteiger partial charge < -0.3 is 10.2 Å². The lowest BCUT2D eigenvalue weighted by atomic mass is 9.97. The molecule has 5 nitrogen and oxygen atoms in total. The van der Waals surface area contributed by atoms with Crippen molar-refractivity contribution in [1.82, 2.24) is 0 Å². The van der Waals surface area contributed by atoms with Crippen molar-refractivity contribution in [2.24, 2.45) is 0 Å². The van der Waals surface area contributed by atoms with Gasteiger partial charge in [0.05, 0.1) is 11.6 Å². The minimum Gasteiger partial charge on any atom is -0.479 e. The second-order valence-electron chi connectivity index (χ2n) is 3.27. The highest BCUT2D eigenvalue weighted by Crippen LogP contribution is 2.21. The van der Waals surface area contributed by atoms with Gasteiger partial charge in [-0.1, -0.05) is 0 Å². The van der Waals surface area contributed by atoms with E-state index in [9.17, 15) is 14.7 Å². The molecule has 0 bridgehead atoms. The van der Waals surface area contributed by atoms with E-state index in [1.807, 2.05) is 6.07 Å². The minimum atomic E-state index is -1.80. The van der Waals surface area contributed by atoms with Crippen molar-refractivity contribution in [2.75, 3.05) is 0 Å². The molecule has 0 aliphatic rings. The highest BCUT2D eigenvalue weighted by Gasteiger charge is 2.20. The first kappa shape index (κ1) is 11.9. The molecule has 0 spiro atoms. The van der Waals surface area contributed by atoms with Gasteiger partial charge in [0, 0.05) is 11.1 Å². The van der Waals surface area contributed by atoms with E-state index in [0.717, 1.165) is 0 Å². The van der Waals surface area contributed by atoms with Crippen LogP contribution < -0.4 is 0 Å². The van der Waals surface area contributed by atoms with Crippen molar-refractivity contribution in [1.29, 1.82) is 5.26 Å². The van der Waals surface area contributed by atoms with Crippen molar-refractivity contribution in [3.8, 4) is 6.07 Å². The number of rotatable bonds is 3. The largest absolute Gasteiger partial charge is 0.479 e. The second-order valence-corrected chi connectivity index (χ2v) is 3.27. The van der Waals surface area contributed by atoms with Crippen LogP contribution in [0.5, 0.6) is 0 Å². The van der Waals surface area contributed by atoms with Crippen LogP contribution in [0.1, 0.15) is 33.2 Å². The van der Waals surface area contributed by atoms with Gasteiger partial charge in [-0.2, -0.15) is 5.26 Å². The Hall–Kier alpha value is -2.19. The average molecular weight is 219 g/mol. The van der Waals surface area contributed by atoms with E-state index < -0.39 is 12.1 Å². The normalized spacial score (nSPS) is 11.6. The maximum atomic E-state index is 10.7. The number of aryl methyl sites for hydroxylation is 1. The third kappa shape index (κ3) is 2.07. The van der Waals surface area contributed by atoms with E-state index in [-0.39, 0.29) is 16.7 Å². The third-order valence-electron chi connectivity index (χ3n) is 2.21. The monoisotopic (exact) mass is 219 g/mol. The van der Waals surface area contributed by atoms with E-state index in [2.05, 4.69) is 0 Å². The lowest BCUT2D eigenvalue weighted by Crippen LogP contribution is -2.13. The molecular formula is C11H9NO4. The first-order chi connectivity index (χ1) is 7.51. The van der Waals surface area contributed by atoms with Crippen molar-refractivity contribution in [3.05, 3.63) is 34.4 Å². The molecule has 16 heavy (non-hydrogen) atoms. The number of hydrogen-bond acceptors (Lipinski definition) is 4. The van der Waals surface area contributed by atoms with Crippen LogP contribution in [0.15, 0.2) is 12.1 Å². The van der Waals surface area contributed by atoms with E-state index in [0.29, 0.717) is 11.8 Å². The van der Waals surface area contributed by atoms with Gasteiger partial charge in [-0.15, -0.1) is 0 Å². The van der Waals surface area contributed by atoms with Gasteiger partial charge in [0.25, 0.3) is 0 Å². The maximum Gasteiger partial charge on any atom is 0.337 e. The summed E-state index contributed by atoms with van der Waals surface area (Å²) in [6, 6.07) is 4.46. The molecule has 0 amide bonds. The number of carbonyl (C=O) groups excluding carboxylic acids is 1. The number of aliphatic hydroxyl groups excluding tert-OH is 1. The summed E-state index contributed by atoms with van der Waals surface area (Å²) in [6.45, 7) is 1.63. The predicted octanol–water partition coefficient (Wildman–Crippen LogP) is 0.797. The predicted molar refractivity (Wildman–Crippen MR) is 53.9 cm³/mol. The van der Waals surface area contributed by atoms with Crippen molar-refractivity contribution in [2.45, 2.75) is 13.0 Å². The zero-order valence-electron chi connectivity index (χ0n) is 8.47. The number of carbonyl (C=O) groups is 2. The number of aliphatic hydroxyl groups is 1. The third-order valence-corrected chi connectivity index (χ3v) is 2.21. The number of nitrogens with zero attached hydrogens (tertiary/aromatic N) is 1.